The average molecular weight is 524 g/mol. The first-order valence-corrected chi connectivity index (χ1v) is 14.7. The summed E-state index contributed by atoms with van der Waals surface area (Å²) in [6.45, 7) is 8.22. The SMILES string of the molecule is CCOCC1CCCCN1C(=O)c1ccc(-c2ccc(OCC3CCCC(CC(C)(C)F)CC3)cc2)cc1. The summed E-state index contributed by atoms with van der Waals surface area (Å²) in [6, 6.07) is 16.4. The number of nitrogens with zero attached hydrogens (tertiary/aromatic N) is 1. The number of carbonyl (C=O) groups excluding carboxylic acids is 1. The van der Waals surface area contributed by atoms with Crippen LogP contribution in [0.3, 0.4) is 0 Å². The van der Waals surface area contributed by atoms with Crippen molar-refractivity contribution < 1.29 is 18.7 Å². The zero-order valence-corrected chi connectivity index (χ0v) is 23.6. The molecule has 0 spiro atoms. The van der Waals surface area contributed by atoms with E-state index in [4.69, 9.17) is 9.47 Å². The predicted octanol–water partition coefficient (Wildman–Crippen LogP) is 8.10. The number of carbonyl (C=O) groups is 1. The van der Waals surface area contributed by atoms with Crippen molar-refractivity contribution in [3.05, 3.63) is 54.1 Å². The molecule has 208 valence electrons. The van der Waals surface area contributed by atoms with E-state index in [0.29, 0.717) is 31.5 Å². The molecule has 0 aromatic heterocycles. The first kappa shape index (κ1) is 28.6. The highest BCUT2D eigenvalue weighted by Gasteiger charge is 2.28. The maximum Gasteiger partial charge on any atom is 0.254 e. The van der Waals surface area contributed by atoms with E-state index in [-0.39, 0.29) is 11.9 Å². The van der Waals surface area contributed by atoms with Crippen LogP contribution in [0.4, 0.5) is 4.39 Å². The van der Waals surface area contributed by atoms with Crippen molar-refractivity contribution in [2.75, 3.05) is 26.4 Å². The highest BCUT2D eigenvalue weighted by Crippen LogP contribution is 2.34. The Labute approximate surface area is 228 Å². The van der Waals surface area contributed by atoms with Gasteiger partial charge < -0.3 is 14.4 Å². The highest BCUT2D eigenvalue weighted by molar-refractivity contribution is 5.95. The lowest BCUT2D eigenvalue weighted by Gasteiger charge is -2.35. The fourth-order valence-corrected chi connectivity index (χ4v) is 6.14. The molecule has 3 unspecified atom stereocenters. The van der Waals surface area contributed by atoms with Crippen LogP contribution < -0.4 is 4.74 Å². The van der Waals surface area contributed by atoms with Gasteiger partial charge >= 0.3 is 0 Å². The minimum atomic E-state index is -1.07. The second-order valence-corrected chi connectivity index (χ2v) is 11.9. The number of hydrogen-bond donors (Lipinski definition) is 0. The molecule has 4 nitrogen and oxygen atoms in total. The summed E-state index contributed by atoms with van der Waals surface area (Å²) >= 11 is 0. The Kier molecular flexibility index (Phi) is 10.2. The van der Waals surface area contributed by atoms with Crippen molar-refractivity contribution >= 4 is 5.91 Å². The Bertz CT molecular complexity index is 998. The summed E-state index contributed by atoms with van der Waals surface area (Å²) < 4.78 is 25.9. The average Bonchev–Trinajstić information content (AvgIpc) is 3.14. The van der Waals surface area contributed by atoms with Gasteiger partial charge in [0.2, 0.25) is 0 Å². The van der Waals surface area contributed by atoms with Crippen molar-refractivity contribution in [1.29, 1.82) is 0 Å². The molecule has 1 aliphatic heterocycles. The smallest absolute Gasteiger partial charge is 0.254 e. The van der Waals surface area contributed by atoms with Crippen LogP contribution in [0, 0.1) is 11.8 Å². The van der Waals surface area contributed by atoms with Gasteiger partial charge in [-0.2, -0.15) is 0 Å². The maximum absolute atomic E-state index is 14.1. The Balaban J connectivity index is 1.29. The molecule has 1 saturated heterocycles. The fraction of sp³-hybridized carbons (Fsp3) is 0.606. The molecule has 1 aliphatic carbocycles. The van der Waals surface area contributed by atoms with Crippen LogP contribution in [0.1, 0.15) is 88.9 Å². The number of alkyl halides is 1. The summed E-state index contributed by atoms with van der Waals surface area (Å²) in [5.41, 5.74) is 1.86. The van der Waals surface area contributed by atoms with Crippen LogP contribution >= 0.6 is 0 Å². The number of hydrogen-bond acceptors (Lipinski definition) is 3. The molecule has 3 atom stereocenters. The number of amides is 1. The molecule has 1 amide bonds. The van der Waals surface area contributed by atoms with E-state index in [9.17, 15) is 9.18 Å². The number of rotatable bonds is 10. The molecule has 2 aromatic rings. The molecular weight excluding hydrogens is 477 g/mol. The van der Waals surface area contributed by atoms with Gasteiger partial charge in [0.25, 0.3) is 5.91 Å². The summed E-state index contributed by atoms with van der Waals surface area (Å²) in [6.07, 6.45) is 9.57. The summed E-state index contributed by atoms with van der Waals surface area (Å²) in [5, 5.41) is 0. The van der Waals surface area contributed by atoms with Gasteiger partial charge in [-0.25, -0.2) is 4.39 Å². The largest absolute Gasteiger partial charge is 0.493 e. The van der Waals surface area contributed by atoms with Crippen LogP contribution in [-0.4, -0.2) is 48.9 Å². The molecule has 0 radical (unpaired) electrons. The van der Waals surface area contributed by atoms with Gasteiger partial charge in [0.05, 0.1) is 19.3 Å². The molecule has 1 saturated carbocycles. The van der Waals surface area contributed by atoms with Gasteiger partial charge in [0.1, 0.15) is 11.4 Å². The standard InChI is InChI=1S/C33H46FNO3/c1-4-37-24-30-10-5-6-21-35(30)32(36)29-15-13-27(14-16-29)28-17-19-31(20-18-28)38-23-26-9-7-8-25(11-12-26)22-33(2,3)34/h13-20,25-26,30H,4-12,21-24H2,1-3H3. The summed E-state index contributed by atoms with van der Waals surface area (Å²) in [7, 11) is 0. The number of benzene rings is 2. The second-order valence-electron chi connectivity index (χ2n) is 11.9. The van der Waals surface area contributed by atoms with Crippen molar-refractivity contribution in [3.63, 3.8) is 0 Å². The molecule has 2 fully saturated rings. The Morgan fingerprint density at radius 1 is 0.868 bits per heavy atom. The molecule has 2 aromatic carbocycles. The van der Waals surface area contributed by atoms with Crippen molar-refractivity contribution in [1.82, 2.24) is 4.90 Å². The third-order valence-electron chi connectivity index (χ3n) is 8.19. The molecule has 1 heterocycles. The highest BCUT2D eigenvalue weighted by atomic mass is 19.1. The van der Waals surface area contributed by atoms with Crippen LogP contribution in [0.2, 0.25) is 0 Å². The van der Waals surface area contributed by atoms with Gasteiger partial charge in [0, 0.05) is 18.7 Å². The van der Waals surface area contributed by atoms with E-state index in [1.54, 1.807) is 13.8 Å². The minimum Gasteiger partial charge on any atom is -0.493 e. The van der Waals surface area contributed by atoms with E-state index in [1.165, 1.54) is 0 Å². The number of piperidine rings is 1. The molecular formula is C33H46FNO3. The van der Waals surface area contributed by atoms with E-state index < -0.39 is 5.67 Å². The molecule has 5 heteroatoms. The van der Waals surface area contributed by atoms with Gasteiger partial charge in [-0.05, 0) is 113 Å². The zero-order valence-electron chi connectivity index (χ0n) is 23.6. The summed E-state index contributed by atoms with van der Waals surface area (Å²) in [4.78, 5) is 15.2. The quantitative estimate of drug-likeness (QED) is 0.295. The maximum atomic E-state index is 14.1. The molecule has 0 bridgehead atoms. The number of halogens is 1. The third-order valence-corrected chi connectivity index (χ3v) is 8.19. The lowest BCUT2D eigenvalue weighted by Crippen LogP contribution is -2.46. The number of likely N-dealkylation sites (tertiary alicyclic amines) is 1. The second kappa shape index (κ2) is 13.6. The zero-order chi connectivity index (χ0) is 27.0. The summed E-state index contributed by atoms with van der Waals surface area (Å²) in [5.74, 6) is 2.03. The fourth-order valence-electron chi connectivity index (χ4n) is 6.14. The first-order valence-electron chi connectivity index (χ1n) is 14.7. The molecule has 2 aliphatic rings. The Morgan fingerprint density at radius 3 is 2.21 bits per heavy atom. The molecule has 0 N–H and O–H groups in total. The lowest BCUT2D eigenvalue weighted by atomic mass is 9.89. The van der Waals surface area contributed by atoms with Crippen LogP contribution in [0.25, 0.3) is 11.1 Å². The van der Waals surface area contributed by atoms with Crippen LogP contribution in [0.15, 0.2) is 48.5 Å². The van der Waals surface area contributed by atoms with Crippen LogP contribution in [0.5, 0.6) is 5.75 Å². The van der Waals surface area contributed by atoms with E-state index in [0.717, 1.165) is 87.0 Å². The topological polar surface area (TPSA) is 38.8 Å². The molecule has 4 rings (SSSR count). The van der Waals surface area contributed by atoms with Gasteiger partial charge in [-0.1, -0.05) is 37.1 Å². The predicted molar refractivity (Wildman–Crippen MR) is 152 cm³/mol. The lowest BCUT2D eigenvalue weighted by molar-refractivity contribution is 0.0343. The van der Waals surface area contributed by atoms with Gasteiger partial charge in [-0.15, -0.1) is 0 Å². The van der Waals surface area contributed by atoms with Crippen LogP contribution in [-0.2, 0) is 4.74 Å². The van der Waals surface area contributed by atoms with E-state index in [2.05, 4.69) is 12.1 Å². The van der Waals surface area contributed by atoms with Crippen molar-refractivity contribution in [2.45, 2.75) is 90.3 Å². The first-order chi connectivity index (χ1) is 18.3. The van der Waals surface area contributed by atoms with Gasteiger partial charge in [-0.3, -0.25) is 4.79 Å². The van der Waals surface area contributed by atoms with E-state index in [1.807, 2.05) is 48.2 Å². The number of ether oxygens (including phenoxy) is 2. The normalized spacial score (nSPS) is 22.6. The molecule has 38 heavy (non-hydrogen) atoms. The Hall–Kier alpha value is -2.40. The van der Waals surface area contributed by atoms with E-state index >= 15 is 0 Å². The van der Waals surface area contributed by atoms with Crippen molar-refractivity contribution in [3.8, 4) is 16.9 Å². The van der Waals surface area contributed by atoms with Crippen molar-refractivity contribution in [2.24, 2.45) is 11.8 Å². The third kappa shape index (κ3) is 8.30. The monoisotopic (exact) mass is 523 g/mol. The Morgan fingerprint density at radius 2 is 1.53 bits per heavy atom. The minimum absolute atomic E-state index is 0.0999. The van der Waals surface area contributed by atoms with Gasteiger partial charge in [0.15, 0.2) is 0 Å².